The molecule has 0 unspecified atom stereocenters. The van der Waals surface area contributed by atoms with Gasteiger partial charge in [-0.3, -0.25) is 0 Å². The molecule has 0 spiro atoms. The van der Waals surface area contributed by atoms with Gasteiger partial charge in [0.05, 0.1) is 7.11 Å². The van der Waals surface area contributed by atoms with E-state index >= 15 is 0 Å². The maximum atomic E-state index is 7.00. The Morgan fingerprint density at radius 2 is 1.54 bits per heavy atom. The van der Waals surface area contributed by atoms with Crippen LogP contribution in [0, 0.1) is 13.8 Å². The number of ether oxygens (including phenoxy) is 1. The van der Waals surface area contributed by atoms with Crippen molar-refractivity contribution in [3.63, 3.8) is 0 Å². The van der Waals surface area contributed by atoms with Crippen molar-refractivity contribution in [2.24, 2.45) is 0 Å². The van der Waals surface area contributed by atoms with Crippen LogP contribution in [0.3, 0.4) is 0 Å². The molecule has 1 aromatic carbocycles. The molecule has 0 saturated heterocycles. The van der Waals surface area contributed by atoms with Crippen molar-refractivity contribution in [2.45, 2.75) is 13.8 Å². The Hall–Kier alpha value is -0.995. The minimum absolute atomic E-state index is 0. The number of methoxy groups -OCH3 is 1. The van der Waals surface area contributed by atoms with Crippen LogP contribution in [0.25, 0.3) is 0 Å². The Labute approximate surface area is 79.3 Å². The van der Waals surface area contributed by atoms with Gasteiger partial charge in [0.15, 0.2) is 0 Å². The van der Waals surface area contributed by atoms with E-state index in [1.54, 1.807) is 7.11 Å². The Bertz CT molecular complexity index is 230. The van der Waals surface area contributed by atoms with Crippen LogP contribution in [0.1, 0.15) is 11.1 Å². The van der Waals surface area contributed by atoms with Crippen molar-refractivity contribution in [1.29, 1.82) is 0 Å². The molecular weight excluding hydrogens is 167 g/mol. The monoisotopic (exact) mass is 181 g/mol. The first-order valence-electron chi connectivity index (χ1n) is 3.87. The van der Waals surface area contributed by atoms with Crippen molar-refractivity contribution in [3.05, 3.63) is 29.3 Å². The number of rotatable bonds is 1. The molecule has 0 bridgehead atoms. The van der Waals surface area contributed by atoms with Gasteiger partial charge >= 0.3 is 7.69 Å². The van der Waals surface area contributed by atoms with Crippen LogP contribution in [0.15, 0.2) is 18.2 Å². The van der Waals surface area contributed by atoms with Gasteiger partial charge < -0.3 is 14.8 Å². The summed E-state index contributed by atoms with van der Waals surface area (Å²) in [6.45, 7) is 4.09. The molecule has 13 heavy (non-hydrogen) atoms. The lowest BCUT2D eigenvalue weighted by molar-refractivity contribution is 0.408. The predicted molar refractivity (Wildman–Crippen MR) is 52.7 cm³/mol. The van der Waals surface area contributed by atoms with Crippen LogP contribution in [-0.2, 0) is 0 Å². The SMILES string of the molecule is COc1c(C)cccc1C.O[B]O. The lowest BCUT2D eigenvalue weighted by atomic mass is 10.1. The molecule has 1 aromatic rings. The quantitative estimate of drug-likeness (QED) is 0.630. The molecule has 0 aliphatic carbocycles. The van der Waals surface area contributed by atoms with Gasteiger partial charge in [-0.1, -0.05) is 18.2 Å². The van der Waals surface area contributed by atoms with Crippen LogP contribution in [0.2, 0.25) is 0 Å². The molecule has 0 aliphatic heterocycles. The average molecular weight is 181 g/mol. The van der Waals surface area contributed by atoms with Crippen molar-refractivity contribution >= 4 is 7.69 Å². The normalized spacial score (nSPS) is 8.38. The molecule has 4 heteroatoms. The fourth-order valence-electron chi connectivity index (χ4n) is 1.12. The summed E-state index contributed by atoms with van der Waals surface area (Å²) >= 11 is 0. The van der Waals surface area contributed by atoms with E-state index < -0.39 is 0 Å². The van der Waals surface area contributed by atoms with Gasteiger partial charge in [-0.05, 0) is 25.0 Å². The van der Waals surface area contributed by atoms with Gasteiger partial charge in [0.2, 0.25) is 0 Å². The number of hydrogen-bond acceptors (Lipinski definition) is 3. The zero-order valence-electron chi connectivity index (χ0n) is 8.11. The summed E-state index contributed by atoms with van der Waals surface area (Å²) in [4.78, 5) is 0. The van der Waals surface area contributed by atoms with Gasteiger partial charge in [0, 0.05) is 0 Å². The molecule has 0 aromatic heterocycles. The zero-order chi connectivity index (χ0) is 10.3. The molecule has 1 radical (unpaired) electrons. The van der Waals surface area contributed by atoms with Gasteiger partial charge in [0.25, 0.3) is 0 Å². The summed E-state index contributed by atoms with van der Waals surface area (Å²) in [6, 6.07) is 6.13. The Kier molecular flexibility index (Phi) is 6.01. The highest BCUT2D eigenvalue weighted by Crippen LogP contribution is 2.20. The van der Waals surface area contributed by atoms with Crippen LogP contribution < -0.4 is 4.74 Å². The topological polar surface area (TPSA) is 49.7 Å². The molecule has 3 nitrogen and oxygen atoms in total. The van der Waals surface area contributed by atoms with Crippen molar-refractivity contribution < 1.29 is 14.8 Å². The summed E-state index contributed by atoms with van der Waals surface area (Å²) in [5.41, 5.74) is 2.39. The molecule has 0 aliphatic rings. The summed E-state index contributed by atoms with van der Waals surface area (Å²) in [5, 5.41) is 14.0. The van der Waals surface area contributed by atoms with Crippen molar-refractivity contribution in [3.8, 4) is 5.75 Å². The second-order valence-electron chi connectivity index (χ2n) is 2.54. The van der Waals surface area contributed by atoms with Crippen LogP contribution in [0.4, 0.5) is 0 Å². The minimum atomic E-state index is 0. The fourth-order valence-corrected chi connectivity index (χ4v) is 1.12. The van der Waals surface area contributed by atoms with Gasteiger partial charge in [0.1, 0.15) is 5.75 Å². The van der Waals surface area contributed by atoms with E-state index in [2.05, 4.69) is 0 Å². The fraction of sp³-hybridized carbons (Fsp3) is 0.333. The molecule has 0 fully saturated rings. The van der Waals surface area contributed by atoms with Gasteiger partial charge in [-0.15, -0.1) is 0 Å². The van der Waals surface area contributed by atoms with E-state index in [0.29, 0.717) is 0 Å². The molecule has 1 rings (SSSR count). The number of hydrogen-bond donors (Lipinski definition) is 2. The highest BCUT2D eigenvalue weighted by atomic mass is 16.5. The van der Waals surface area contributed by atoms with Crippen molar-refractivity contribution in [1.82, 2.24) is 0 Å². The molecule has 0 atom stereocenters. The molecule has 0 amide bonds. The van der Waals surface area contributed by atoms with E-state index in [9.17, 15) is 0 Å². The maximum Gasteiger partial charge on any atom is 0.482 e. The first-order valence-corrected chi connectivity index (χ1v) is 3.87. The number of para-hydroxylation sites is 1. The van der Waals surface area contributed by atoms with Gasteiger partial charge in [-0.2, -0.15) is 0 Å². The summed E-state index contributed by atoms with van der Waals surface area (Å²) in [6.07, 6.45) is 0. The summed E-state index contributed by atoms with van der Waals surface area (Å²) in [7, 11) is 1.70. The van der Waals surface area contributed by atoms with Crippen LogP contribution in [0.5, 0.6) is 5.75 Å². The molecule has 71 valence electrons. The smallest absolute Gasteiger partial charge is 0.482 e. The van der Waals surface area contributed by atoms with E-state index in [4.69, 9.17) is 14.8 Å². The second kappa shape index (κ2) is 6.51. The third-order valence-electron chi connectivity index (χ3n) is 1.61. The van der Waals surface area contributed by atoms with Gasteiger partial charge in [-0.25, -0.2) is 0 Å². The lowest BCUT2D eigenvalue weighted by Gasteiger charge is -2.06. The second-order valence-corrected chi connectivity index (χ2v) is 2.54. The Morgan fingerprint density at radius 1 is 1.15 bits per heavy atom. The largest absolute Gasteiger partial charge is 0.496 e. The Morgan fingerprint density at radius 3 is 1.77 bits per heavy atom. The molecule has 0 saturated carbocycles. The maximum absolute atomic E-state index is 7.00. The van der Waals surface area contributed by atoms with Crippen LogP contribution in [-0.4, -0.2) is 24.8 Å². The molecule has 0 heterocycles. The third-order valence-corrected chi connectivity index (χ3v) is 1.61. The van der Waals surface area contributed by atoms with Crippen LogP contribution >= 0.6 is 0 Å². The lowest BCUT2D eigenvalue weighted by Crippen LogP contribution is -1.89. The minimum Gasteiger partial charge on any atom is -0.496 e. The third kappa shape index (κ3) is 3.96. The summed E-state index contributed by atoms with van der Waals surface area (Å²) < 4.78 is 5.18. The van der Waals surface area contributed by atoms with E-state index in [1.165, 1.54) is 11.1 Å². The molecular formula is C9H14BO3. The number of benzene rings is 1. The first-order chi connectivity index (χ1) is 6.17. The van der Waals surface area contributed by atoms with E-state index in [-0.39, 0.29) is 7.69 Å². The predicted octanol–water partition coefficient (Wildman–Crippen LogP) is 0.817. The highest BCUT2D eigenvalue weighted by Gasteiger charge is 1.98. The zero-order valence-corrected chi connectivity index (χ0v) is 8.11. The highest BCUT2D eigenvalue weighted by molar-refractivity contribution is 6.13. The average Bonchev–Trinajstić information content (AvgIpc) is 2.06. The van der Waals surface area contributed by atoms with Crippen molar-refractivity contribution in [2.75, 3.05) is 7.11 Å². The summed E-state index contributed by atoms with van der Waals surface area (Å²) in [5.74, 6) is 1.00. The standard InChI is InChI=1S/C9H12O.BH2O2/c1-7-5-4-6-8(2)9(7)10-3;2-1-3/h4-6H,1-3H3;2-3H. The number of aryl methyl sites for hydroxylation is 2. The van der Waals surface area contributed by atoms with E-state index in [1.807, 2.05) is 32.0 Å². The molecule has 2 N–H and O–H groups in total. The first kappa shape index (κ1) is 12.0. The van der Waals surface area contributed by atoms with E-state index in [0.717, 1.165) is 5.75 Å². The Balaban J connectivity index is 0.000000424.